The molecule has 0 aliphatic heterocycles. The first kappa shape index (κ1) is 13.3. The smallest absolute Gasteiger partial charge is 0.0638 e. The van der Waals surface area contributed by atoms with Gasteiger partial charge in [0.15, 0.2) is 0 Å². The van der Waals surface area contributed by atoms with Crippen LogP contribution < -0.4 is 5.32 Å². The Morgan fingerprint density at radius 1 is 1.39 bits per heavy atom. The average Bonchev–Trinajstić information content (AvgIpc) is 2.66. The summed E-state index contributed by atoms with van der Waals surface area (Å²) in [4.78, 5) is 0. The van der Waals surface area contributed by atoms with Crippen molar-refractivity contribution in [2.45, 2.75) is 33.4 Å². The van der Waals surface area contributed by atoms with E-state index in [-0.39, 0.29) is 0 Å². The highest BCUT2D eigenvalue weighted by molar-refractivity contribution is 9.10. The van der Waals surface area contributed by atoms with Crippen molar-refractivity contribution in [3.05, 3.63) is 51.3 Å². The number of halogens is 1. The van der Waals surface area contributed by atoms with E-state index in [2.05, 4.69) is 63.5 Å². The van der Waals surface area contributed by atoms with Crippen LogP contribution in [-0.4, -0.2) is 10.2 Å². The SMILES string of the molecule is Cc1n[nH]c(C)c1CN[C@@H](C)c1cccc(Br)c1. The molecule has 2 rings (SSSR count). The van der Waals surface area contributed by atoms with E-state index in [1.54, 1.807) is 0 Å². The molecule has 0 aliphatic carbocycles. The summed E-state index contributed by atoms with van der Waals surface area (Å²) in [6.07, 6.45) is 0. The normalized spacial score (nSPS) is 12.7. The van der Waals surface area contributed by atoms with Gasteiger partial charge in [-0.05, 0) is 38.5 Å². The molecule has 4 heteroatoms. The van der Waals surface area contributed by atoms with Gasteiger partial charge in [0.2, 0.25) is 0 Å². The lowest BCUT2D eigenvalue weighted by molar-refractivity contribution is 0.572. The molecule has 1 heterocycles. The van der Waals surface area contributed by atoms with Crippen molar-refractivity contribution in [2.24, 2.45) is 0 Å². The second-order valence-electron chi connectivity index (χ2n) is 4.57. The van der Waals surface area contributed by atoms with Crippen molar-refractivity contribution in [1.82, 2.24) is 15.5 Å². The molecule has 2 aromatic rings. The lowest BCUT2D eigenvalue weighted by atomic mass is 10.1. The monoisotopic (exact) mass is 307 g/mol. The van der Waals surface area contributed by atoms with Crippen LogP contribution in [0, 0.1) is 13.8 Å². The molecule has 1 aromatic heterocycles. The van der Waals surface area contributed by atoms with Gasteiger partial charge in [-0.15, -0.1) is 0 Å². The first-order valence-corrected chi connectivity index (χ1v) is 6.86. The zero-order valence-electron chi connectivity index (χ0n) is 10.9. The third-order valence-electron chi connectivity index (χ3n) is 3.21. The summed E-state index contributed by atoms with van der Waals surface area (Å²) < 4.78 is 1.12. The average molecular weight is 308 g/mol. The van der Waals surface area contributed by atoms with Gasteiger partial charge in [-0.3, -0.25) is 5.10 Å². The molecule has 1 aromatic carbocycles. The lowest BCUT2D eigenvalue weighted by Crippen LogP contribution is -2.18. The van der Waals surface area contributed by atoms with Crippen LogP contribution in [0.5, 0.6) is 0 Å². The number of benzene rings is 1. The van der Waals surface area contributed by atoms with Crippen molar-refractivity contribution in [3.63, 3.8) is 0 Å². The van der Waals surface area contributed by atoms with Gasteiger partial charge in [-0.25, -0.2) is 0 Å². The lowest BCUT2D eigenvalue weighted by Gasteiger charge is -2.14. The topological polar surface area (TPSA) is 40.7 Å². The Hall–Kier alpha value is -1.13. The highest BCUT2D eigenvalue weighted by Gasteiger charge is 2.09. The van der Waals surface area contributed by atoms with Gasteiger partial charge in [0.1, 0.15) is 0 Å². The summed E-state index contributed by atoms with van der Waals surface area (Å²) in [5.41, 5.74) is 4.75. The van der Waals surface area contributed by atoms with Crippen molar-refractivity contribution >= 4 is 15.9 Å². The Morgan fingerprint density at radius 3 is 2.78 bits per heavy atom. The molecule has 18 heavy (non-hydrogen) atoms. The van der Waals surface area contributed by atoms with Crippen LogP contribution >= 0.6 is 15.9 Å². The fourth-order valence-electron chi connectivity index (χ4n) is 1.98. The number of hydrogen-bond acceptors (Lipinski definition) is 2. The molecule has 0 bridgehead atoms. The second kappa shape index (κ2) is 5.67. The van der Waals surface area contributed by atoms with Crippen molar-refractivity contribution in [3.8, 4) is 0 Å². The summed E-state index contributed by atoms with van der Waals surface area (Å²) in [5.74, 6) is 0. The molecule has 0 spiro atoms. The van der Waals surface area contributed by atoms with Gasteiger partial charge in [-0.2, -0.15) is 5.10 Å². The predicted octanol–water partition coefficient (Wildman–Crippen LogP) is 3.64. The Balaban J connectivity index is 2.02. The molecular weight excluding hydrogens is 290 g/mol. The fraction of sp³-hybridized carbons (Fsp3) is 0.357. The molecule has 0 fully saturated rings. The molecule has 0 aliphatic rings. The zero-order chi connectivity index (χ0) is 13.1. The summed E-state index contributed by atoms with van der Waals surface area (Å²) in [6.45, 7) is 7.10. The van der Waals surface area contributed by atoms with Gasteiger partial charge in [0.25, 0.3) is 0 Å². The minimum absolute atomic E-state index is 0.316. The first-order valence-electron chi connectivity index (χ1n) is 6.07. The van der Waals surface area contributed by atoms with E-state index in [0.29, 0.717) is 6.04 Å². The van der Waals surface area contributed by atoms with E-state index in [9.17, 15) is 0 Å². The minimum Gasteiger partial charge on any atom is -0.306 e. The predicted molar refractivity (Wildman–Crippen MR) is 77.5 cm³/mol. The Bertz CT molecular complexity index is 514. The van der Waals surface area contributed by atoms with Crippen LogP contribution in [0.2, 0.25) is 0 Å². The molecule has 0 saturated heterocycles. The summed E-state index contributed by atoms with van der Waals surface area (Å²) in [7, 11) is 0. The molecule has 2 N–H and O–H groups in total. The molecule has 0 amide bonds. The van der Waals surface area contributed by atoms with E-state index in [1.165, 1.54) is 11.1 Å². The summed E-state index contributed by atoms with van der Waals surface area (Å²) in [5, 5.41) is 10.7. The van der Waals surface area contributed by atoms with Gasteiger partial charge >= 0.3 is 0 Å². The minimum atomic E-state index is 0.316. The standard InChI is InChI=1S/C14H18BrN3/c1-9(12-5-4-6-13(15)7-12)16-8-14-10(2)17-18-11(14)3/h4-7,9,16H,8H2,1-3H3,(H,17,18)/t9-/m0/s1. The number of H-pyrrole nitrogens is 1. The van der Waals surface area contributed by atoms with E-state index in [0.717, 1.165) is 22.4 Å². The number of aryl methyl sites for hydroxylation is 2. The number of aromatic nitrogens is 2. The van der Waals surface area contributed by atoms with E-state index >= 15 is 0 Å². The largest absolute Gasteiger partial charge is 0.306 e. The Kier molecular flexibility index (Phi) is 4.19. The van der Waals surface area contributed by atoms with Crippen LogP contribution in [0.3, 0.4) is 0 Å². The third-order valence-corrected chi connectivity index (χ3v) is 3.71. The summed E-state index contributed by atoms with van der Waals surface area (Å²) in [6, 6.07) is 8.70. The third kappa shape index (κ3) is 3.00. The zero-order valence-corrected chi connectivity index (χ0v) is 12.5. The van der Waals surface area contributed by atoms with E-state index in [1.807, 2.05) is 13.0 Å². The van der Waals surface area contributed by atoms with E-state index < -0.39 is 0 Å². The van der Waals surface area contributed by atoms with E-state index in [4.69, 9.17) is 0 Å². The number of hydrogen-bond donors (Lipinski definition) is 2. The maximum Gasteiger partial charge on any atom is 0.0638 e. The van der Waals surface area contributed by atoms with Crippen LogP contribution in [0.15, 0.2) is 28.7 Å². The van der Waals surface area contributed by atoms with Crippen molar-refractivity contribution in [2.75, 3.05) is 0 Å². The highest BCUT2D eigenvalue weighted by Crippen LogP contribution is 2.19. The maximum atomic E-state index is 4.21. The van der Waals surface area contributed by atoms with Crippen molar-refractivity contribution in [1.29, 1.82) is 0 Å². The van der Waals surface area contributed by atoms with Gasteiger partial charge in [0.05, 0.1) is 5.69 Å². The second-order valence-corrected chi connectivity index (χ2v) is 5.49. The molecule has 0 radical (unpaired) electrons. The quantitative estimate of drug-likeness (QED) is 0.905. The Labute approximate surface area is 116 Å². The molecular formula is C14H18BrN3. The Morgan fingerprint density at radius 2 is 2.17 bits per heavy atom. The fourth-order valence-corrected chi connectivity index (χ4v) is 2.40. The molecule has 3 nitrogen and oxygen atoms in total. The number of nitrogens with one attached hydrogen (secondary N) is 2. The first-order chi connectivity index (χ1) is 8.58. The number of aromatic amines is 1. The molecule has 0 saturated carbocycles. The van der Waals surface area contributed by atoms with Crippen molar-refractivity contribution < 1.29 is 0 Å². The van der Waals surface area contributed by atoms with Gasteiger partial charge in [0, 0.05) is 28.3 Å². The van der Waals surface area contributed by atoms with Gasteiger partial charge in [-0.1, -0.05) is 28.1 Å². The van der Waals surface area contributed by atoms with Crippen LogP contribution in [0.25, 0.3) is 0 Å². The molecule has 96 valence electrons. The number of nitrogens with zero attached hydrogens (tertiary/aromatic N) is 1. The van der Waals surface area contributed by atoms with Crippen LogP contribution in [-0.2, 0) is 6.54 Å². The maximum absolute atomic E-state index is 4.21. The molecule has 1 atom stereocenters. The summed E-state index contributed by atoms with van der Waals surface area (Å²) >= 11 is 3.50. The number of rotatable bonds is 4. The van der Waals surface area contributed by atoms with Crippen LogP contribution in [0.4, 0.5) is 0 Å². The van der Waals surface area contributed by atoms with Crippen LogP contribution in [0.1, 0.15) is 35.5 Å². The van der Waals surface area contributed by atoms with Gasteiger partial charge < -0.3 is 5.32 Å². The molecule has 0 unspecified atom stereocenters. The highest BCUT2D eigenvalue weighted by atomic mass is 79.9.